The van der Waals surface area contributed by atoms with E-state index in [1.54, 1.807) is 24.3 Å². The molecule has 9 heteroatoms. The minimum Gasteiger partial charge on any atom is -0.496 e. The number of carbonyl (C=O) groups excluding carboxylic acids is 1. The number of amidine groups is 1. The van der Waals surface area contributed by atoms with Gasteiger partial charge in [-0.2, -0.15) is 0 Å². The zero-order valence-electron chi connectivity index (χ0n) is 16.1. The van der Waals surface area contributed by atoms with E-state index in [2.05, 4.69) is 20.6 Å². The number of aromatic amines is 1. The standard InChI is InChI=1S/C20H24N6O3/c1-29-16-5-3-2-4-13(16)18(22)26-20(28)14(11-21)19-24-15(10-17(27)25-19)12-6-8-23-9-7-12/h2-5,10-12,23H,6-9,21H2,1H3,(H2,22,26,28)(H,24,25,27). The van der Waals surface area contributed by atoms with Gasteiger partial charge in [0.2, 0.25) is 0 Å². The van der Waals surface area contributed by atoms with E-state index in [9.17, 15) is 9.59 Å². The average Bonchev–Trinajstić information content (AvgIpc) is 2.74. The molecule has 0 unspecified atom stereocenters. The SMILES string of the molecule is COc1ccccc1C(=N)NC(=O)C(=CN)c1nc(C2CCNCC2)cc(=O)[nH]1. The Morgan fingerprint density at radius 1 is 1.34 bits per heavy atom. The highest BCUT2D eigenvalue weighted by Gasteiger charge is 2.22. The third kappa shape index (κ3) is 4.69. The molecule has 3 rings (SSSR count). The number of nitrogens with two attached hydrogens (primary N) is 1. The molecular formula is C20H24N6O3. The van der Waals surface area contributed by atoms with Gasteiger partial charge in [-0.05, 0) is 38.1 Å². The number of H-pyrrole nitrogens is 1. The summed E-state index contributed by atoms with van der Waals surface area (Å²) < 4.78 is 5.22. The molecule has 1 aromatic carbocycles. The quantitative estimate of drug-likeness (QED) is 0.285. The number of aromatic nitrogens is 2. The number of para-hydroxylation sites is 1. The third-order valence-corrected chi connectivity index (χ3v) is 4.80. The number of amides is 1. The van der Waals surface area contributed by atoms with E-state index in [4.69, 9.17) is 15.9 Å². The summed E-state index contributed by atoms with van der Waals surface area (Å²) in [5, 5.41) is 14.0. The van der Waals surface area contributed by atoms with Crippen molar-refractivity contribution in [2.45, 2.75) is 18.8 Å². The second-order valence-electron chi connectivity index (χ2n) is 6.65. The third-order valence-electron chi connectivity index (χ3n) is 4.80. The van der Waals surface area contributed by atoms with Gasteiger partial charge in [0.25, 0.3) is 11.5 Å². The maximum atomic E-state index is 12.7. The van der Waals surface area contributed by atoms with Crippen molar-refractivity contribution in [1.82, 2.24) is 20.6 Å². The van der Waals surface area contributed by atoms with Gasteiger partial charge in [-0.3, -0.25) is 15.0 Å². The van der Waals surface area contributed by atoms with Crippen molar-refractivity contribution in [2.24, 2.45) is 5.73 Å². The summed E-state index contributed by atoms with van der Waals surface area (Å²) in [5.74, 6) is -0.113. The largest absolute Gasteiger partial charge is 0.496 e. The summed E-state index contributed by atoms with van der Waals surface area (Å²) in [6.45, 7) is 1.70. The molecule has 0 bridgehead atoms. The van der Waals surface area contributed by atoms with Crippen molar-refractivity contribution in [3.8, 4) is 5.75 Å². The summed E-state index contributed by atoms with van der Waals surface area (Å²) in [6, 6.07) is 8.31. The van der Waals surface area contributed by atoms with Crippen molar-refractivity contribution in [2.75, 3.05) is 20.2 Å². The normalized spacial score (nSPS) is 15.0. The highest BCUT2D eigenvalue weighted by Crippen LogP contribution is 2.23. The molecule has 2 heterocycles. The summed E-state index contributed by atoms with van der Waals surface area (Å²) in [5.41, 5.74) is 6.35. The zero-order valence-corrected chi connectivity index (χ0v) is 16.1. The summed E-state index contributed by atoms with van der Waals surface area (Å²) in [4.78, 5) is 31.9. The van der Waals surface area contributed by atoms with Crippen molar-refractivity contribution >= 4 is 17.3 Å². The van der Waals surface area contributed by atoms with Crippen LogP contribution in [0.15, 0.2) is 41.3 Å². The lowest BCUT2D eigenvalue weighted by Crippen LogP contribution is -2.33. The topological polar surface area (TPSA) is 146 Å². The van der Waals surface area contributed by atoms with Crippen LogP contribution in [0.5, 0.6) is 5.75 Å². The second-order valence-corrected chi connectivity index (χ2v) is 6.65. The maximum absolute atomic E-state index is 12.7. The summed E-state index contributed by atoms with van der Waals surface area (Å²) in [6.07, 6.45) is 2.81. The minimum absolute atomic E-state index is 0.0162. The second kappa shape index (κ2) is 9.16. The Labute approximate surface area is 167 Å². The van der Waals surface area contributed by atoms with E-state index in [1.807, 2.05) is 0 Å². The first-order valence-corrected chi connectivity index (χ1v) is 9.31. The number of nitrogens with one attached hydrogen (secondary N) is 4. The van der Waals surface area contributed by atoms with Gasteiger partial charge >= 0.3 is 0 Å². The number of carbonyl (C=O) groups is 1. The fourth-order valence-corrected chi connectivity index (χ4v) is 3.29. The maximum Gasteiger partial charge on any atom is 0.262 e. The van der Waals surface area contributed by atoms with E-state index in [-0.39, 0.29) is 28.7 Å². The van der Waals surface area contributed by atoms with E-state index in [1.165, 1.54) is 13.2 Å². The molecule has 0 saturated carbocycles. The Morgan fingerprint density at radius 2 is 2.07 bits per heavy atom. The molecule has 1 fully saturated rings. The molecule has 0 atom stereocenters. The molecule has 1 saturated heterocycles. The van der Waals surface area contributed by atoms with Crippen LogP contribution in [0, 0.1) is 5.41 Å². The van der Waals surface area contributed by atoms with Crippen LogP contribution >= 0.6 is 0 Å². The van der Waals surface area contributed by atoms with Crippen LogP contribution in [0.25, 0.3) is 5.57 Å². The molecule has 0 radical (unpaired) electrons. The summed E-state index contributed by atoms with van der Waals surface area (Å²) in [7, 11) is 1.49. The molecule has 0 aliphatic carbocycles. The minimum atomic E-state index is -0.644. The molecule has 152 valence electrons. The van der Waals surface area contributed by atoms with Crippen LogP contribution in [0.2, 0.25) is 0 Å². The van der Waals surface area contributed by atoms with E-state index < -0.39 is 5.91 Å². The summed E-state index contributed by atoms with van der Waals surface area (Å²) >= 11 is 0. The smallest absolute Gasteiger partial charge is 0.262 e. The number of ether oxygens (including phenoxy) is 1. The van der Waals surface area contributed by atoms with Gasteiger partial charge < -0.3 is 26.1 Å². The van der Waals surface area contributed by atoms with Gasteiger partial charge in [-0.25, -0.2) is 4.98 Å². The average molecular weight is 396 g/mol. The van der Waals surface area contributed by atoms with Crippen LogP contribution in [-0.4, -0.2) is 41.9 Å². The molecule has 1 amide bonds. The molecule has 6 N–H and O–H groups in total. The lowest BCUT2D eigenvalue weighted by Gasteiger charge is -2.22. The van der Waals surface area contributed by atoms with Gasteiger partial charge in [0.15, 0.2) is 0 Å². The van der Waals surface area contributed by atoms with Gasteiger partial charge in [0, 0.05) is 18.2 Å². The molecule has 1 aromatic heterocycles. The Hall–Kier alpha value is -3.46. The Bertz CT molecular complexity index is 992. The first-order valence-electron chi connectivity index (χ1n) is 9.31. The van der Waals surface area contributed by atoms with Crippen molar-refractivity contribution in [1.29, 1.82) is 5.41 Å². The zero-order chi connectivity index (χ0) is 20.8. The van der Waals surface area contributed by atoms with Crippen molar-refractivity contribution in [3.05, 3.63) is 64.0 Å². The molecule has 0 spiro atoms. The number of piperidine rings is 1. The van der Waals surface area contributed by atoms with E-state index >= 15 is 0 Å². The highest BCUT2D eigenvalue weighted by atomic mass is 16.5. The Kier molecular flexibility index (Phi) is 6.40. The number of hydrogen-bond donors (Lipinski definition) is 5. The number of benzene rings is 1. The highest BCUT2D eigenvalue weighted by molar-refractivity contribution is 6.25. The Balaban J connectivity index is 1.84. The molecule has 1 aliphatic rings. The molecule has 9 nitrogen and oxygen atoms in total. The van der Waals surface area contributed by atoms with Crippen LogP contribution in [-0.2, 0) is 4.79 Å². The van der Waals surface area contributed by atoms with Crippen LogP contribution in [0.4, 0.5) is 0 Å². The fraction of sp³-hybridized carbons (Fsp3) is 0.300. The fourth-order valence-electron chi connectivity index (χ4n) is 3.29. The lowest BCUT2D eigenvalue weighted by atomic mass is 9.94. The molecule has 1 aliphatic heterocycles. The molecule has 29 heavy (non-hydrogen) atoms. The number of hydrogen-bond acceptors (Lipinski definition) is 7. The monoisotopic (exact) mass is 396 g/mol. The number of rotatable bonds is 5. The van der Waals surface area contributed by atoms with Crippen LogP contribution < -0.4 is 26.7 Å². The van der Waals surface area contributed by atoms with Crippen molar-refractivity contribution < 1.29 is 9.53 Å². The molecule has 2 aromatic rings. The predicted molar refractivity (Wildman–Crippen MR) is 110 cm³/mol. The van der Waals surface area contributed by atoms with Gasteiger partial charge in [-0.1, -0.05) is 12.1 Å². The lowest BCUT2D eigenvalue weighted by molar-refractivity contribution is -0.114. The van der Waals surface area contributed by atoms with Gasteiger partial charge in [0.05, 0.1) is 23.9 Å². The number of nitrogens with zero attached hydrogens (tertiary/aromatic N) is 1. The van der Waals surface area contributed by atoms with E-state index in [0.717, 1.165) is 32.1 Å². The van der Waals surface area contributed by atoms with E-state index in [0.29, 0.717) is 17.0 Å². The molecular weight excluding hydrogens is 372 g/mol. The predicted octanol–water partition coefficient (Wildman–Crippen LogP) is 0.687. The van der Waals surface area contributed by atoms with Crippen LogP contribution in [0.3, 0.4) is 0 Å². The first-order chi connectivity index (χ1) is 14.0. The van der Waals surface area contributed by atoms with Gasteiger partial charge in [-0.15, -0.1) is 0 Å². The van der Waals surface area contributed by atoms with Crippen molar-refractivity contribution in [3.63, 3.8) is 0 Å². The number of methoxy groups -OCH3 is 1. The Morgan fingerprint density at radius 3 is 2.76 bits per heavy atom. The van der Waals surface area contributed by atoms with Crippen LogP contribution in [0.1, 0.15) is 35.8 Å². The van der Waals surface area contributed by atoms with Gasteiger partial charge in [0.1, 0.15) is 17.4 Å². The first kappa shape index (κ1) is 20.3.